The first-order valence-electron chi connectivity index (χ1n) is 7.59. The lowest BCUT2D eigenvalue weighted by atomic mass is 10.0. The number of aromatic nitrogens is 1. The lowest BCUT2D eigenvalue weighted by Crippen LogP contribution is -2.37. The van der Waals surface area contributed by atoms with Crippen LogP contribution in [0.5, 0.6) is 0 Å². The van der Waals surface area contributed by atoms with Gasteiger partial charge in [0.1, 0.15) is 0 Å². The minimum absolute atomic E-state index is 0.225. The van der Waals surface area contributed by atoms with Gasteiger partial charge in [0, 0.05) is 29.1 Å². The molecule has 0 bridgehead atoms. The summed E-state index contributed by atoms with van der Waals surface area (Å²) in [6.07, 6.45) is 2.50. The maximum absolute atomic E-state index is 4.98. The summed E-state index contributed by atoms with van der Waals surface area (Å²) >= 11 is 1.83. The minimum atomic E-state index is 0.225. The fraction of sp³-hybridized carbons (Fsp3) is 0.471. The van der Waals surface area contributed by atoms with E-state index in [2.05, 4.69) is 54.4 Å². The van der Waals surface area contributed by atoms with E-state index in [4.69, 9.17) is 4.98 Å². The molecule has 0 atom stereocenters. The second kappa shape index (κ2) is 5.78. The molecule has 0 radical (unpaired) electrons. The summed E-state index contributed by atoms with van der Waals surface area (Å²) in [6.45, 7) is 6.63. The van der Waals surface area contributed by atoms with Crippen molar-refractivity contribution in [3.05, 3.63) is 35.2 Å². The van der Waals surface area contributed by atoms with Crippen LogP contribution in [0.15, 0.2) is 30.3 Å². The van der Waals surface area contributed by atoms with Crippen molar-refractivity contribution in [1.29, 1.82) is 0 Å². The van der Waals surface area contributed by atoms with Crippen LogP contribution in [0.4, 0.5) is 5.13 Å². The molecule has 1 aromatic heterocycles. The Balaban J connectivity index is 2.01. The van der Waals surface area contributed by atoms with Gasteiger partial charge in [-0.2, -0.15) is 0 Å². The van der Waals surface area contributed by atoms with Crippen LogP contribution >= 0.6 is 11.3 Å². The van der Waals surface area contributed by atoms with E-state index in [1.807, 2.05) is 18.4 Å². The molecule has 21 heavy (non-hydrogen) atoms. The molecule has 3 nitrogen and oxygen atoms in total. The highest BCUT2D eigenvalue weighted by Crippen LogP contribution is 2.39. The Morgan fingerprint density at radius 2 is 2.05 bits per heavy atom. The van der Waals surface area contributed by atoms with Crippen molar-refractivity contribution in [3.63, 3.8) is 0 Å². The first-order valence-corrected chi connectivity index (χ1v) is 8.41. The molecule has 0 spiro atoms. The van der Waals surface area contributed by atoms with Crippen LogP contribution in [0.2, 0.25) is 0 Å². The number of hydrogen-bond acceptors (Lipinski definition) is 4. The van der Waals surface area contributed by atoms with Gasteiger partial charge in [-0.1, -0.05) is 41.7 Å². The van der Waals surface area contributed by atoms with Gasteiger partial charge in [-0.15, -0.1) is 0 Å². The van der Waals surface area contributed by atoms with Crippen molar-refractivity contribution in [2.75, 3.05) is 18.5 Å². The fourth-order valence-corrected chi connectivity index (χ4v) is 4.30. The van der Waals surface area contributed by atoms with Crippen molar-refractivity contribution in [3.8, 4) is 11.3 Å². The summed E-state index contributed by atoms with van der Waals surface area (Å²) in [4.78, 5) is 8.78. The van der Waals surface area contributed by atoms with Crippen molar-refractivity contribution in [2.45, 2.75) is 38.8 Å². The molecule has 2 aromatic rings. The van der Waals surface area contributed by atoms with Gasteiger partial charge in [0.25, 0.3) is 0 Å². The van der Waals surface area contributed by atoms with Gasteiger partial charge in [0.05, 0.1) is 5.69 Å². The van der Waals surface area contributed by atoms with Crippen LogP contribution in [0, 0.1) is 0 Å². The van der Waals surface area contributed by atoms with E-state index in [1.165, 1.54) is 28.4 Å². The first kappa shape index (κ1) is 14.5. The second-order valence-electron chi connectivity index (χ2n) is 6.23. The Kier molecular flexibility index (Phi) is 4.00. The number of nitrogens with one attached hydrogen (secondary N) is 1. The average molecular weight is 301 g/mol. The van der Waals surface area contributed by atoms with E-state index in [9.17, 15) is 0 Å². The van der Waals surface area contributed by atoms with E-state index in [0.717, 1.165) is 18.8 Å². The van der Waals surface area contributed by atoms with E-state index >= 15 is 0 Å². The predicted octanol–water partition coefficient (Wildman–Crippen LogP) is 3.91. The van der Waals surface area contributed by atoms with Crippen molar-refractivity contribution in [2.24, 2.45) is 0 Å². The average Bonchev–Trinajstić information content (AvgIpc) is 3.03. The highest BCUT2D eigenvalue weighted by molar-refractivity contribution is 7.16. The summed E-state index contributed by atoms with van der Waals surface area (Å²) in [5, 5.41) is 4.44. The monoisotopic (exact) mass is 301 g/mol. The van der Waals surface area contributed by atoms with E-state index in [1.54, 1.807) is 0 Å². The summed E-state index contributed by atoms with van der Waals surface area (Å²) in [6, 6.07) is 10.5. The summed E-state index contributed by atoms with van der Waals surface area (Å²) in [7, 11) is 1.99. The van der Waals surface area contributed by atoms with Crippen molar-refractivity contribution < 1.29 is 0 Å². The third-order valence-electron chi connectivity index (χ3n) is 4.20. The highest BCUT2D eigenvalue weighted by atomic mass is 32.1. The van der Waals surface area contributed by atoms with E-state index < -0.39 is 0 Å². The van der Waals surface area contributed by atoms with Gasteiger partial charge in [-0.25, -0.2) is 4.98 Å². The van der Waals surface area contributed by atoms with E-state index in [-0.39, 0.29) is 5.54 Å². The molecular weight excluding hydrogens is 278 g/mol. The Labute approximate surface area is 131 Å². The quantitative estimate of drug-likeness (QED) is 0.928. The van der Waals surface area contributed by atoms with Gasteiger partial charge >= 0.3 is 0 Å². The molecule has 1 aliphatic heterocycles. The molecule has 3 rings (SSSR count). The predicted molar refractivity (Wildman–Crippen MR) is 91.0 cm³/mol. The lowest BCUT2D eigenvalue weighted by Gasteiger charge is -2.31. The van der Waals surface area contributed by atoms with Gasteiger partial charge in [-0.05, 0) is 33.7 Å². The van der Waals surface area contributed by atoms with Crippen molar-refractivity contribution >= 4 is 16.5 Å². The summed E-state index contributed by atoms with van der Waals surface area (Å²) in [5.41, 5.74) is 2.57. The Hall–Kier alpha value is -1.39. The van der Waals surface area contributed by atoms with Crippen LogP contribution in [0.3, 0.4) is 0 Å². The molecule has 1 aromatic carbocycles. The topological polar surface area (TPSA) is 28.2 Å². The van der Waals surface area contributed by atoms with Gasteiger partial charge < -0.3 is 10.2 Å². The normalized spacial score (nSPS) is 17.4. The maximum atomic E-state index is 4.98. The zero-order valence-electron chi connectivity index (χ0n) is 13.0. The van der Waals surface area contributed by atoms with Crippen LogP contribution in [0.1, 0.15) is 31.6 Å². The summed E-state index contributed by atoms with van der Waals surface area (Å²) < 4.78 is 0. The molecule has 0 saturated carbocycles. The molecule has 1 saturated heterocycles. The zero-order chi connectivity index (χ0) is 14.9. The molecule has 0 amide bonds. The Morgan fingerprint density at radius 1 is 1.29 bits per heavy atom. The zero-order valence-corrected chi connectivity index (χ0v) is 13.8. The molecular formula is C17H23N3S. The molecule has 1 N–H and O–H groups in total. The van der Waals surface area contributed by atoms with Gasteiger partial charge in [0.2, 0.25) is 0 Å². The first-order chi connectivity index (χ1) is 10.1. The number of benzene rings is 1. The van der Waals surface area contributed by atoms with Crippen LogP contribution in [-0.2, 0) is 6.54 Å². The molecule has 4 heteroatoms. The molecule has 0 aliphatic carbocycles. The number of rotatable bonds is 4. The fourth-order valence-electron chi connectivity index (χ4n) is 3.02. The molecule has 1 aliphatic rings. The minimum Gasteiger partial charge on any atom is -0.343 e. The van der Waals surface area contributed by atoms with Gasteiger partial charge in [0.15, 0.2) is 5.13 Å². The van der Waals surface area contributed by atoms with Crippen LogP contribution in [-0.4, -0.2) is 24.1 Å². The molecule has 2 heterocycles. The Bertz CT molecular complexity index is 604. The molecule has 1 fully saturated rings. The largest absolute Gasteiger partial charge is 0.343 e. The van der Waals surface area contributed by atoms with Gasteiger partial charge in [-0.3, -0.25) is 0 Å². The molecule has 112 valence electrons. The maximum Gasteiger partial charge on any atom is 0.186 e. The van der Waals surface area contributed by atoms with Crippen molar-refractivity contribution in [1.82, 2.24) is 10.3 Å². The Morgan fingerprint density at radius 3 is 2.67 bits per heavy atom. The third kappa shape index (κ3) is 2.83. The second-order valence-corrected chi connectivity index (χ2v) is 7.29. The number of anilines is 1. The number of hydrogen-bond donors (Lipinski definition) is 1. The smallest absolute Gasteiger partial charge is 0.186 e. The highest BCUT2D eigenvalue weighted by Gasteiger charge is 2.34. The number of nitrogens with zero attached hydrogens (tertiary/aromatic N) is 2. The number of thiazole rings is 1. The van der Waals surface area contributed by atoms with Crippen LogP contribution in [0.25, 0.3) is 11.3 Å². The molecule has 0 unspecified atom stereocenters. The lowest BCUT2D eigenvalue weighted by molar-refractivity contribution is 0.517. The summed E-state index contributed by atoms with van der Waals surface area (Å²) in [5.74, 6) is 0. The van der Waals surface area contributed by atoms with E-state index in [0.29, 0.717) is 0 Å². The standard InChI is InChI=1S/C17H23N3S/c1-17(2)10-7-11-20(17)16-19-15(14(21-16)12-18-3)13-8-5-4-6-9-13/h4-6,8-9,18H,7,10-12H2,1-3H3. The van der Waals surface area contributed by atoms with Crippen LogP contribution < -0.4 is 10.2 Å². The third-order valence-corrected chi connectivity index (χ3v) is 5.28. The SMILES string of the molecule is CNCc1sc(N2CCCC2(C)C)nc1-c1ccccc1.